The van der Waals surface area contributed by atoms with Crippen LogP contribution in [0.4, 0.5) is 0 Å². The molecule has 1 aliphatic heterocycles. The fourth-order valence-corrected chi connectivity index (χ4v) is 4.96. The zero-order valence-corrected chi connectivity index (χ0v) is 17.3. The predicted molar refractivity (Wildman–Crippen MR) is 102 cm³/mol. The van der Waals surface area contributed by atoms with Gasteiger partial charge in [-0.25, -0.2) is 13.2 Å². The molecular weight excluding hydrogens is 392 g/mol. The van der Waals surface area contributed by atoms with Crippen molar-refractivity contribution in [1.82, 2.24) is 9.21 Å². The maximum absolute atomic E-state index is 12.7. The monoisotopic (exact) mass is 416 g/mol. The van der Waals surface area contributed by atoms with E-state index in [1.165, 1.54) is 29.4 Å². The largest absolute Gasteiger partial charge is 0.449 e. The van der Waals surface area contributed by atoms with E-state index in [0.29, 0.717) is 13.1 Å². The Bertz CT molecular complexity index is 802. The molecule has 0 saturated carbocycles. The average Bonchev–Trinajstić information content (AvgIpc) is 3.16. The molecule has 0 aliphatic carbocycles. The predicted octanol–water partition coefficient (Wildman–Crippen LogP) is 2.54. The summed E-state index contributed by atoms with van der Waals surface area (Å²) in [7, 11) is -3.83. The number of esters is 1. The van der Waals surface area contributed by atoms with E-state index in [4.69, 9.17) is 16.3 Å². The van der Waals surface area contributed by atoms with Gasteiger partial charge in [0.1, 0.15) is 4.90 Å². The first-order valence-electron chi connectivity index (χ1n) is 9.01. The summed E-state index contributed by atoms with van der Waals surface area (Å²) in [5, 5.41) is 0.0274. The second kappa shape index (κ2) is 9.03. The molecule has 0 unspecified atom stereocenters. The van der Waals surface area contributed by atoms with Gasteiger partial charge in [0.05, 0.1) is 10.6 Å². The van der Waals surface area contributed by atoms with Crippen molar-refractivity contribution in [2.24, 2.45) is 0 Å². The lowest BCUT2D eigenvalue weighted by Gasteiger charge is -2.21. The van der Waals surface area contributed by atoms with E-state index in [1.54, 1.807) is 18.7 Å². The average molecular weight is 417 g/mol. The molecule has 9 heteroatoms. The Balaban J connectivity index is 2.21. The molecule has 1 aliphatic rings. The van der Waals surface area contributed by atoms with Gasteiger partial charge in [-0.2, -0.15) is 4.31 Å². The Morgan fingerprint density at radius 2 is 1.81 bits per heavy atom. The molecule has 1 aromatic rings. The van der Waals surface area contributed by atoms with Gasteiger partial charge < -0.3 is 9.64 Å². The van der Waals surface area contributed by atoms with Gasteiger partial charge in [0.25, 0.3) is 5.91 Å². The Labute approximate surface area is 165 Å². The Kier molecular flexibility index (Phi) is 7.25. The molecule has 27 heavy (non-hydrogen) atoms. The van der Waals surface area contributed by atoms with Crippen molar-refractivity contribution in [2.45, 2.75) is 44.6 Å². The van der Waals surface area contributed by atoms with Crippen LogP contribution >= 0.6 is 11.6 Å². The standard InChI is InChI=1S/C18H25ClN2O5S/c1-4-21(5-2)27(24,25)16-12-14(8-9-15(16)19)18(23)26-13(3)17(22)20-10-6-7-11-20/h8-9,12-13H,4-7,10-11H2,1-3H3/t13-/m0/s1. The highest BCUT2D eigenvalue weighted by Crippen LogP contribution is 2.26. The SMILES string of the molecule is CCN(CC)S(=O)(=O)c1cc(C(=O)O[C@@H](C)C(=O)N2CCCC2)ccc1Cl. The zero-order valence-electron chi connectivity index (χ0n) is 15.8. The van der Waals surface area contributed by atoms with Gasteiger partial charge in [-0.1, -0.05) is 25.4 Å². The number of amides is 1. The number of carbonyl (C=O) groups excluding carboxylic acids is 2. The molecule has 0 bridgehead atoms. The number of benzene rings is 1. The van der Waals surface area contributed by atoms with Crippen LogP contribution in [0.1, 0.15) is 44.0 Å². The summed E-state index contributed by atoms with van der Waals surface area (Å²) in [6.07, 6.45) is 0.945. The van der Waals surface area contributed by atoms with E-state index < -0.39 is 22.1 Å². The smallest absolute Gasteiger partial charge is 0.338 e. The topological polar surface area (TPSA) is 84.0 Å². The van der Waals surface area contributed by atoms with E-state index in [9.17, 15) is 18.0 Å². The van der Waals surface area contributed by atoms with Crippen LogP contribution < -0.4 is 0 Å². The second-order valence-electron chi connectivity index (χ2n) is 6.31. The van der Waals surface area contributed by atoms with Gasteiger partial charge in [-0.3, -0.25) is 4.79 Å². The Morgan fingerprint density at radius 1 is 1.22 bits per heavy atom. The van der Waals surface area contributed by atoms with Crippen molar-refractivity contribution in [3.05, 3.63) is 28.8 Å². The molecule has 1 heterocycles. The summed E-state index contributed by atoms with van der Waals surface area (Å²) in [6.45, 7) is 6.84. The molecule has 1 atom stereocenters. The van der Waals surface area contributed by atoms with Crippen LogP contribution in [0, 0.1) is 0 Å². The summed E-state index contributed by atoms with van der Waals surface area (Å²) in [5.41, 5.74) is 0.0335. The maximum atomic E-state index is 12.7. The van der Waals surface area contributed by atoms with Crippen molar-refractivity contribution in [2.75, 3.05) is 26.2 Å². The van der Waals surface area contributed by atoms with Crippen LogP contribution in [0.5, 0.6) is 0 Å². The van der Waals surface area contributed by atoms with Crippen LogP contribution in [0.15, 0.2) is 23.1 Å². The first-order chi connectivity index (χ1) is 12.7. The molecule has 0 spiro atoms. The van der Waals surface area contributed by atoms with Gasteiger partial charge in [-0.05, 0) is 38.0 Å². The molecule has 1 fully saturated rings. The number of hydrogen-bond acceptors (Lipinski definition) is 5. The van der Waals surface area contributed by atoms with Crippen molar-refractivity contribution >= 4 is 33.5 Å². The molecule has 0 radical (unpaired) electrons. The highest BCUT2D eigenvalue weighted by atomic mass is 35.5. The third-order valence-electron chi connectivity index (χ3n) is 4.54. The van der Waals surface area contributed by atoms with E-state index in [-0.39, 0.29) is 34.5 Å². The molecule has 150 valence electrons. The van der Waals surface area contributed by atoms with Gasteiger partial charge >= 0.3 is 5.97 Å². The Hall–Kier alpha value is -1.64. The molecule has 1 aromatic carbocycles. The summed E-state index contributed by atoms with van der Waals surface area (Å²) >= 11 is 6.07. The molecular formula is C18H25ClN2O5S. The lowest BCUT2D eigenvalue weighted by atomic mass is 10.2. The Morgan fingerprint density at radius 3 is 2.37 bits per heavy atom. The minimum absolute atomic E-state index is 0.0274. The lowest BCUT2D eigenvalue weighted by molar-refractivity contribution is -0.138. The molecule has 0 N–H and O–H groups in total. The van der Waals surface area contributed by atoms with Crippen molar-refractivity contribution in [1.29, 1.82) is 0 Å². The van der Waals surface area contributed by atoms with Gasteiger partial charge in [0.2, 0.25) is 10.0 Å². The summed E-state index contributed by atoms with van der Waals surface area (Å²) in [6, 6.07) is 3.94. The van der Waals surface area contributed by atoms with Crippen molar-refractivity contribution in [3.63, 3.8) is 0 Å². The number of hydrogen-bond donors (Lipinski definition) is 0. The fourth-order valence-electron chi connectivity index (χ4n) is 3.00. The number of sulfonamides is 1. The fraction of sp³-hybridized carbons (Fsp3) is 0.556. The first kappa shape index (κ1) is 21.7. The summed E-state index contributed by atoms with van der Waals surface area (Å²) in [5.74, 6) is -1.01. The summed E-state index contributed by atoms with van der Waals surface area (Å²) < 4.78 is 31.9. The number of rotatable bonds is 7. The van der Waals surface area contributed by atoms with Crippen LogP contribution in [-0.4, -0.2) is 61.8 Å². The van der Waals surface area contributed by atoms with E-state index >= 15 is 0 Å². The second-order valence-corrected chi connectivity index (χ2v) is 8.63. The van der Waals surface area contributed by atoms with Crippen LogP contribution in [0.3, 0.4) is 0 Å². The number of ether oxygens (including phenoxy) is 1. The molecule has 2 rings (SSSR count). The number of halogens is 1. The van der Waals surface area contributed by atoms with Gasteiger partial charge in [0, 0.05) is 26.2 Å². The molecule has 1 saturated heterocycles. The zero-order chi connectivity index (χ0) is 20.2. The van der Waals surface area contributed by atoms with Crippen LogP contribution in [-0.2, 0) is 19.6 Å². The summed E-state index contributed by atoms with van der Waals surface area (Å²) in [4.78, 5) is 26.2. The molecule has 7 nitrogen and oxygen atoms in total. The molecule has 0 aromatic heterocycles. The minimum Gasteiger partial charge on any atom is -0.449 e. The van der Waals surface area contributed by atoms with Crippen molar-refractivity contribution < 1.29 is 22.7 Å². The quantitative estimate of drug-likeness (QED) is 0.638. The first-order valence-corrected chi connectivity index (χ1v) is 10.8. The van der Waals surface area contributed by atoms with Gasteiger partial charge in [-0.15, -0.1) is 0 Å². The van der Waals surface area contributed by atoms with E-state index in [1.807, 2.05) is 0 Å². The third-order valence-corrected chi connectivity index (χ3v) is 7.07. The number of nitrogens with zero attached hydrogens (tertiary/aromatic N) is 2. The van der Waals surface area contributed by atoms with Crippen LogP contribution in [0.2, 0.25) is 5.02 Å². The lowest BCUT2D eigenvalue weighted by Crippen LogP contribution is -2.38. The molecule has 1 amide bonds. The third kappa shape index (κ3) is 4.80. The van der Waals surface area contributed by atoms with Crippen LogP contribution in [0.25, 0.3) is 0 Å². The van der Waals surface area contributed by atoms with E-state index in [2.05, 4.69) is 0 Å². The number of carbonyl (C=O) groups is 2. The highest BCUT2D eigenvalue weighted by Gasteiger charge is 2.28. The number of likely N-dealkylation sites (tertiary alicyclic amines) is 1. The highest BCUT2D eigenvalue weighted by molar-refractivity contribution is 7.89. The minimum atomic E-state index is -3.83. The van der Waals surface area contributed by atoms with Gasteiger partial charge in [0.15, 0.2) is 6.10 Å². The normalized spacial score (nSPS) is 15.8. The van der Waals surface area contributed by atoms with E-state index in [0.717, 1.165) is 12.8 Å². The maximum Gasteiger partial charge on any atom is 0.338 e. The van der Waals surface area contributed by atoms with Crippen molar-refractivity contribution in [3.8, 4) is 0 Å².